The molecule has 1 saturated heterocycles. The van der Waals surface area contributed by atoms with E-state index >= 15 is 0 Å². The van der Waals surface area contributed by atoms with Crippen molar-refractivity contribution in [3.05, 3.63) is 40.5 Å². The van der Waals surface area contributed by atoms with Gasteiger partial charge in [0.1, 0.15) is 0 Å². The molecule has 1 aromatic carbocycles. The number of halogens is 1. The van der Waals surface area contributed by atoms with Gasteiger partial charge in [-0.05, 0) is 37.9 Å². The zero-order chi connectivity index (χ0) is 18.7. The summed E-state index contributed by atoms with van der Waals surface area (Å²) in [6, 6.07) is 8.43. The van der Waals surface area contributed by atoms with Crippen LogP contribution in [0.4, 0.5) is 0 Å². The van der Waals surface area contributed by atoms with Crippen molar-refractivity contribution >= 4 is 28.5 Å². The maximum atomic E-state index is 11.0. The molecule has 2 heterocycles. The predicted molar refractivity (Wildman–Crippen MR) is 105 cm³/mol. The molecule has 0 aliphatic carbocycles. The first-order valence-electron chi connectivity index (χ1n) is 9.21. The molecule has 0 amide bonds. The van der Waals surface area contributed by atoms with Crippen LogP contribution in [0.15, 0.2) is 24.3 Å². The van der Waals surface area contributed by atoms with Crippen molar-refractivity contribution in [2.45, 2.75) is 39.3 Å². The van der Waals surface area contributed by atoms with Gasteiger partial charge in [0, 0.05) is 31.1 Å². The van der Waals surface area contributed by atoms with Gasteiger partial charge in [-0.2, -0.15) is 0 Å². The van der Waals surface area contributed by atoms with Crippen molar-refractivity contribution in [2.24, 2.45) is 0 Å². The molecule has 0 atom stereocenters. The van der Waals surface area contributed by atoms with Gasteiger partial charge < -0.3 is 5.11 Å². The molecule has 3 rings (SSSR count). The van der Waals surface area contributed by atoms with Crippen LogP contribution in [-0.2, 0) is 11.3 Å². The lowest BCUT2D eigenvalue weighted by molar-refractivity contribution is -0.139. The highest BCUT2D eigenvalue weighted by Crippen LogP contribution is 2.28. The molecule has 1 aromatic heterocycles. The Bertz CT molecular complexity index is 788. The van der Waals surface area contributed by atoms with Crippen molar-refractivity contribution < 1.29 is 9.90 Å². The van der Waals surface area contributed by atoms with Gasteiger partial charge in [0.2, 0.25) is 0 Å². The first-order chi connectivity index (χ1) is 12.5. The Morgan fingerprint density at radius 1 is 1.35 bits per heavy atom. The third-order valence-electron chi connectivity index (χ3n) is 5.34. The molecule has 6 heteroatoms. The first kappa shape index (κ1) is 19.1. The molecule has 1 fully saturated rings. The summed E-state index contributed by atoms with van der Waals surface area (Å²) in [5.41, 5.74) is 3.00. The Balaban J connectivity index is 1.67. The van der Waals surface area contributed by atoms with E-state index in [2.05, 4.69) is 15.9 Å². The number of carboxylic acid groups (broad SMARTS) is 1. The van der Waals surface area contributed by atoms with Gasteiger partial charge in [0.15, 0.2) is 0 Å². The number of aromatic nitrogens is 1. The van der Waals surface area contributed by atoms with E-state index in [0.29, 0.717) is 6.04 Å². The van der Waals surface area contributed by atoms with Crippen molar-refractivity contribution in [1.29, 1.82) is 0 Å². The van der Waals surface area contributed by atoms with E-state index in [9.17, 15) is 4.79 Å². The zero-order valence-corrected chi connectivity index (χ0v) is 16.2. The number of likely N-dealkylation sites (tertiary alicyclic amines) is 1. The van der Waals surface area contributed by atoms with Crippen molar-refractivity contribution in [2.75, 3.05) is 26.2 Å². The molecule has 0 radical (unpaired) electrons. The lowest BCUT2D eigenvalue weighted by atomic mass is 10.0. The first-order valence-corrected chi connectivity index (χ1v) is 9.59. The third-order valence-corrected chi connectivity index (χ3v) is 5.84. The quantitative estimate of drug-likeness (QED) is 0.836. The summed E-state index contributed by atoms with van der Waals surface area (Å²) in [5.74, 6) is -0.753. The van der Waals surface area contributed by atoms with Crippen LogP contribution in [-0.4, -0.2) is 58.1 Å². The van der Waals surface area contributed by atoms with E-state index in [1.54, 1.807) is 0 Å². The number of carboxylic acids is 1. The summed E-state index contributed by atoms with van der Waals surface area (Å²) in [6.07, 6.45) is 1.95. The van der Waals surface area contributed by atoms with E-state index in [0.717, 1.165) is 66.2 Å². The molecule has 26 heavy (non-hydrogen) atoms. The smallest absolute Gasteiger partial charge is 0.317 e. The number of nitrogens with zero attached hydrogens (tertiary/aromatic N) is 3. The van der Waals surface area contributed by atoms with E-state index in [4.69, 9.17) is 21.7 Å². The van der Waals surface area contributed by atoms with Crippen LogP contribution >= 0.6 is 11.6 Å². The number of aryl methyl sites for hydroxylation is 1. The molecule has 1 aliphatic rings. The Morgan fingerprint density at radius 3 is 2.69 bits per heavy atom. The van der Waals surface area contributed by atoms with Crippen LogP contribution in [0.1, 0.15) is 31.0 Å². The van der Waals surface area contributed by atoms with Gasteiger partial charge in [-0.3, -0.25) is 14.6 Å². The summed E-state index contributed by atoms with van der Waals surface area (Å²) in [5, 5.41) is 10.9. The Hall–Kier alpha value is -1.69. The van der Waals surface area contributed by atoms with E-state index in [1.165, 1.54) is 0 Å². The number of para-hydroxylation sites is 1. The molecular formula is C20H26ClN3O2. The van der Waals surface area contributed by atoms with Crippen LogP contribution < -0.4 is 0 Å². The number of fused-ring (bicyclic) bond motifs is 1. The number of pyridine rings is 1. The summed E-state index contributed by atoms with van der Waals surface area (Å²) in [6.45, 7) is 7.58. The summed E-state index contributed by atoms with van der Waals surface area (Å²) in [4.78, 5) is 20.2. The fourth-order valence-corrected chi connectivity index (χ4v) is 4.05. The average molecular weight is 376 g/mol. The molecule has 0 bridgehead atoms. The highest BCUT2D eigenvalue weighted by molar-refractivity contribution is 6.32. The second-order valence-corrected chi connectivity index (χ2v) is 7.36. The van der Waals surface area contributed by atoms with E-state index < -0.39 is 5.97 Å². The average Bonchev–Trinajstić information content (AvgIpc) is 2.64. The normalized spacial score (nSPS) is 16.5. The van der Waals surface area contributed by atoms with Crippen LogP contribution in [0.25, 0.3) is 10.9 Å². The molecule has 2 aromatic rings. The number of likely N-dealkylation sites (N-methyl/N-ethyl adjacent to an activating group) is 1. The summed E-state index contributed by atoms with van der Waals surface area (Å²) in [7, 11) is 0. The zero-order valence-electron chi connectivity index (χ0n) is 15.4. The molecule has 5 nitrogen and oxygen atoms in total. The molecule has 140 valence electrons. The van der Waals surface area contributed by atoms with Gasteiger partial charge in [0.25, 0.3) is 0 Å². The van der Waals surface area contributed by atoms with Gasteiger partial charge in [-0.15, -0.1) is 0 Å². The standard InChI is InChI=1S/C20H26ClN3O2/c1-3-24(13-19(25)26)15-8-10-23(11-9-15)12-18-20(21)14(2)16-6-4-5-7-17(16)22-18/h4-7,15H,3,8-13H2,1-2H3,(H,25,26). The second-order valence-electron chi connectivity index (χ2n) is 6.98. The number of benzene rings is 1. The topological polar surface area (TPSA) is 56.7 Å². The molecule has 1 N–H and O–H groups in total. The van der Waals surface area contributed by atoms with Crippen LogP contribution in [0.2, 0.25) is 5.02 Å². The van der Waals surface area contributed by atoms with Crippen molar-refractivity contribution in [3.63, 3.8) is 0 Å². The van der Waals surface area contributed by atoms with Crippen molar-refractivity contribution in [1.82, 2.24) is 14.8 Å². The van der Waals surface area contributed by atoms with Crippen LogP contribution in [0.5, 0.6) is 0 Å². The fourth-order valence-electron chi connectivity index (χ4n) is 3.85. The Morgan fingerprint density at radius 2 is 2.04 bits per heavy atom. The lowest BCUT2D eigenvalue weighted by Gasteiger charge is -2.37. The summed E-state index contributed by atoms with van der Waals surface area (Å²) >= 11 is 6.59. The number of carbonyl (C=O) groups is 1. The summed E-state index contributed by atoms with van der Waals surface area (Å²) < 4.78 is 0. The van der Waals surface area contributed by atoms with E-state index in [-0.39, 0.29) is 6.54 Å². The number of hydrogen-bond acceptors (Lipinski definition) is 4. The molecule has 1 aliphatic heterocycles. The van der Waals surface area contributed by atoms with Crippen LogP contribution in [0.3, 0.4) is 0 Å². The van der Waals surface area contributed by atoms with Crippen LogP contribution in [0, 0.1) is 6.92 Å². The number of piperidine rings is 1. The van der Waals surface area contributed by atoms with Gasteiger partial charge in [-0.1, -0.05) is 36.7 Å². The maximum Gasteiger partial charge on any atom is 0.317 e. The molecule has 0 saturated carbocycles. The molecule has 0 unspecified atom stereocenters. The number of aliphatic carboxylic acids is 1. The molecular weight excluding hydrogens is 350 g/mol. The predicted octanol–water partition coefficient (Wildman–Crippen LogP) is 3.57. The van der Waals surface area contributed by atoms with Gasteiger partial charge in [0.05, 0.1) is 22.8 Å². The number of hydrogen-bond donors (Lipinski definition) is 1. The van der Waals surface area contributed by atoms with Crippen molar-refractivity contribution in [3.8, 4) is 0 Å². The SMILES string of the molecule is CCN(CC(=O)O)C1CCN(Cc2nc3ccccc3c(C)c2Cl)CC1. The number of rotatable bonds is 6. The fraction of sp³-hybridized carbons (Fsp3) is 0.500. The third kappa shape index (κ3) is 4.17. The Kier molecular flexibility index (Phi) is 6.12. The second kappa shape index (κ2) is 8.33. The monoisotopic (exact) mass is 375 g/mol. The maximum absolute atomic E-state index is 11.0. The minimum atomic E-state index is -0.753. The molecule has 0 spiro atoms. The highest BCUT2D eigenvalue weighted by Gasteiger charge is 2.25. The van der Waals surface area contributed by atoms with Gasteiger partial charge in [-0.25, -0.2) is 4.98 Å². The highest BCUT2D eigenvalue weighted by atomic mass is 35.5. The minimum Gasteiger partial charge on any atom is -0.480 e. The lowest BCUT2D eigenvalue weighted by Crippen LogP contribution is -2.46. The van der Waals surface area contributed by atoms with E-state index in [1.807, 2.05) is 32.0 Å². The van der Waals surface area contributed by atoms with Gasteiger partial charge >= 0.3 is 5.97 Å². The Labute approximate surface area is 159 Å². The largest absolute Gasteiger partial charge is 0.480 e. The minimum absolute atomic E-state index is 0.123.